The molecule has 0 aliphatic carbocycles. The zero-order valence-electron chi connectivity index (χ0n) is 10.5. The van der Waals surface area contributed by atoms with E-state index in [0.29, 0.717) is 30.5 Å². The Labute approximate surface area is 141 Å². The molecule has 0 aliphatic heterocycles. The molecule has 108 valence electrons. The molecule has 0 aliphatic rings. The lowest BCUT2D eigenvalue weighted by Gasteiger charge is -2.07. The minimum absolute atomic E-state index is 0.214. The smallest absolute Gasteiger partial charge is 0.258 e. The van der Waals surface area contributed by atoms with Crippen LogP contribution in [0.25, 0.3) is 0 Å². The third-order valence-electron chi connectivity index (χ3n) is 2.46. The highest BCUT2D eigenvalue weighted by Gasteiger charge is 2.15. The molecule has 0 saturated carbocycles. The summed E-state index contributed by atoms with van der Waals surface area (Å²) in [4.78, 5) is 12.2. The normalized spacial score (nSPS) is 9.90. The Bertz CT molecular complexity index is 746. The van der Waals surface area contributed by atoms with Gasteiger partial charge in [-0.05, 0) is 24.3 Å². The van der Waals surface area contributed by atoms with Gasteiger partial charge < -0.3 is 11.1 Å². The molecule has 3 nitrogen and oxygen atoms in total. The van der Waals surface area contributed by atoms with Crippen molar-refractivity contribution in [3.63, 3.8) is 0 Å². The molecule has 0 radical (unpaired) electrons. The molecular weight excluding hydrogens is 351 g/mol. The average Bonchev–Trinajstić information content (AvgIpc) is 2.78. The summed E-state index contributed by atoms with van der Waals surface area (Å²) in [5, 5.41) is 3.26. The standard InChI is InChI=1S/C14H9Cl3N2OS/c15-9-3-4-11(8(6-9)2-1-5-18)19-14(20)10-7-12(16)21-13(10)17/h3-4,6-7H,5,18H2,(H,19,20). The second kappa shape index (κ2) is 7.17. The average molecular weight is 360 g/mol. The summed E-state index contributed by atoms with van der Waals surface area (Å²) in [6.45, 7) is 0.214. The van der Waals surface area contributed by atoms with Crippen molar-refractivity contribution in [2.24, 2.45) is 5.73 Å². The number of benzene rings is 1. The van der Waals surface area contributed by atoms with Crippen LogP contribution >= 0.6 is 46.1 Å². The number of rotatable bonds is 2. The summed E-state index contributed by atoms with van der Waals surface area (Å²) in [6, 6.07) is 6.50. The van der Waals surface area contributed by atoms with Crippen LogP contribution in [0.15, 0.2) is 24.3 Å². The molecule has 21 heavy (non-hydrogen) atoms. The number of hydrogen-bond donors (Lipinski definition) is 2. The van der Waals surface area contributed by atoms with E-state index in [4.69, 9.17) is 40.5 Å². The zero-order chi connectivity index (χ0) is 15.4. The minimum Gasteiger partial charge on any atom is -0.321 e. The molecule has 1 aromatic heterocycles. The number of anilines is 1. The second-order valence-corrected chi connectivity index (χ2v) is 6.61. The van der Waals surface area contributed by atoms with Crippen LogP contribution < -0.4 is 11.1 Å². The molecule has 2 aromatic rings. The Morgan fingerprint density at radius 1 is 1.29 bits per heavy atom. The van der Waals surface area contributed by atoms with Gasteiger partial charge in [0.25, 0.3) is 5.91 Å². The van der Waals surface area contributed by atoms with Crippen molar-refractivity contribution in [1.82, 2.24) is 0 Å². The fourth-order valence-electron chi connectivity index (χ4n) is 1.56. The molecule has 0 fully saturated rings. The summed E-state index contributed by atoms with van der Waals surface area (Å²) in [7, 11) is 0. The van der Waals surface area contributed by atoms with Crippen molar-refractivity contribution in [1.29, 1.82) is 0 Å². The van der Waals surface area contributed by atoms with Gasteiger partial charge in [0.15, 0.2) is 0 Å². The van der Waals surface area contributed by atoms with Crippen LogP contribution in [0, 0.1) is 11.8 Å². The predicted molar refractivity (Wildman–Crippen MR) is 89.7 cm³/mol. The van der Waals surface area contributed by atoms with Crippen LogP contribution in [0.5, 0.6) is 0 Å². The van der Waals surface area contributed by atoms with Crippen LogP contribution in [0.2, 0.25) is 13.7 Å². The second-order valence-electron chi connectivity index (χ2n) is 3.89. The fraction of sp³-hybridized carbons (Fsp3) is 0.0714. The van der Waals surface area contributed by atoms with E-state index in [1.807, 2.05) is 0 Å². The van der Waals surface area contributed by atoms with Crippen molar-refractivity contribution in [3.8, 4) is 11.8 Å². The molecule has 0 unspecified atom stereocenters. The highest BCUT2D eigenvalue weighted by molar-refractivity contribution is 7.20. The number of halogens is 3. The largest absolute Gasteiger partial charge is 0.321 e. The first-order valence-electron chi connectivity index (χ1n) is 5.76. The van der Waals surface area contributed by atoms with Crippen molar-refractivity contribution in [2.75, 3.05) is 11.9 Å². The highest BCUT2D eigenvalue weighted by Crippen LogP contribution is 2.32. The van der Waals surface area contributed by atoms with E-state index >= 15 is 0 Å². The van der Waals surface area contributed by atoms with Gasteiger partial charge in [0.1, 0.15) is 4.34 Å². The Hall–Kier alpha value is -1.22. The van der Waals surface area contributed by atoms with Gasteiger partial charge in [0.2, 0.25) is 0 Å². The lowest BCUT2D eigenvalue weighted by molar-refractivity contribution is 0.102. The molecule has 0 bridgehead atoms. The molecule has 1 heterocycles. The summed E-state index contributed by atoms with van der Waals surface area (Å²) in [6.07, 6.45) is 0. The molecule has 3 N–H and O–H groups in total. The maximum Gasteiger partial charge on any atom is 0.258 e. The molecular formula is C14H9Cl3N2OS. The van der Waals surface area contributed by atoms with Gasteiger partial charge >= 0.3 is 0 Å². The Morgan fingerprint density at radius 3 is 2.67 bits per heavy atom. The Kier molecular flexibility index (Phi) is 5.51. The van der Waals surface area contributed by atoms with E-state index in [1.54, 1.807) is 18.2 Å². The van der Waals surface area contributed by atoms with Crippen molar-refractivity contribution < 1.29 is 4.79 Å². The number of amides is 1. The summed E-state index contributed by atoms with van der Waals surface area (Å²) in [5.41, 5.74) is 6.79. The van der Waals surface area contributed by atoms with Crippen molar-refractivity contribution >= 4 is 57.7 Å². The van der Waals surface area contributed by atoms with Gasteiger partial charge in [-0.15, -0.1) is 11.3 Å². The first-order chi connectivity index (χ1) is 10.0. The predicted octanol–water partition coefficient (Wildman–Crippen LogP) is 4.27. The number of nitrogens with one attached hydrogen (secondary N) is 1. The Morgan fingerprint density at radius 2 is 2.05 bits per heavy atom. The number of hydrogen-bond acceptors (Lipinski definition) is 3. The molecule has 1 amide bonds. The third kappa shape index (κ3) is 4.13. The van der Waals surface area contributed by atoms with Crippen molar-refractivity contribution in [2.45, 2.75) is 0 Å². The zero-order valence-corrected chi connectivity index (χ0v) is 13.6. The van der Waals surface area contributed by atoms with Gasteiger partial charge in [-0.3, -0.25) is 4.79 Å². The summed E-state index contributed by atoms with van der Waals surface area (Å²) >= 11 is 18.9. The van der Waals surface area contributed by atoms with Crippen LogP contribution in [0.4, 0.5) is 5.69 Å². The van der Waals surface area contributed by atoms with Crippen LogP contribution in [0.1, 0.15) is 15.9 Å². The van der Waals surface area contributed by atoms with Crippen LogP contribution in [0.3, 0.4) is 0 Å². The van der Waals surface area contributed by atoms with E-state index in [1.165, 1.54) is 6.07 Å². The maximum absolute atomic E-state index is 12.2. The number of thiophene rings is 1. The van der Waals surface area contributed by atoms with Crippen LogP contribution in [-0.2, 0) is 0 Å². The van der Waals surface area contributed by atoms with E-state index in [0.717, 1.165) is 11.3 Å². The minimum atomic E-state index is -0.360. The first kappa shape index (κ1) is 16.2. The van der Waals surface area contributed by atoms with Crippen LogP contribution in [-0.4, -0.2) is 12.5 Å². The van der Waals surface area contributed by atoms with E-state index in [-0.39, 0.29) is 12.5 Å². The fourth-order valence-corrected chi connectivity index (χ4v) is 3.19. The summed E-state index contributed by atoms with van der Waals surface area (Å²) in [5.74, 6) is 5.22. The molecule has 1 aromatic carbocycles. The molecule has 2 rings (SSSR count). The van der Waals surface area contributed by atoms with Crippen molar-refractivity contribution in [3.05, 3.63) is 49.1 Å². The van der Waals surface area contributed by atoms with E-state index in [2.05, 4.69) is 17.2 Å². The molecule has 0 atom stereocenters. The quantitative estimate of drug-likeness (QED) is 0.787. The number of nitrogens with two attached hydrogens (primary N) is 1. The number of carbonyl (C=O) groups excluding carboxylic acids is 1. The van der Waals surface area contributed by atoms with Gasteiger partial charge in [0, 0.05) is 10.6 Å². The molecule has 0 spiro atoms. The lowest BCUT2D eigenvalue weighted by Crippen LogP contribution is -2.12. The number of carbonyl (C=O) groups is 1. The maximum atomic E-state index is 12.2. The monoisotopic (exact) mass is 358 g/mol. The highest BCUT2D eigenvalue weighted by atomic mass is 35.5. The van der Waals surface area contributed by atoms with Gasteiger partial charge in [-0.1, -0.05) is 46.6 Å². The van der Waals surface area contributed by atoms with E-state index in [9.17, 15) is 4.79 Å². The molecule has 7 heteroatoms. The first-order valence-corrected chi connectivity index (χ1v) is 7.71. The van der Waals surface area contributed by atoms with Gasteiger partial charge in [-0.2, -0.15) is 0 Å². The van der Waals surface area contributed by atoms with E-state index < -0.39 is 0 Å². The SMILES string of the molecule is NCC#Cc1cc(Cl)ccc1NC(=O)c1cc(Cl)sc1Cl. The lowest BCUT2D eigenvalue weighted by atomic mass is 10.1. The molecule has 0 saturated heterocycles. The van der Waals surface area contributed by atoms with Gasteiger partial charge in [0.05, 0.1) is 22.1 Å². The topological polar surface area (TPSA) is 55.1 Å². The Balaban J connectivity index is 2.31. The third-order valence-corrected chi connectivity index (χ3v) is 4.18. The van der Waals surface area contributed by atoms with Gasteiger partial charge in [-0.25, -0.2) is 0 Å². The summed E-state index contributed by atoms with van der Waals surface area (Å²) < 4.78 is 0.783.